The van der Waals surface area contributed by atoms with Crippen LogP contribution in [0, 0.1) is 0 Å². The molecule has 0 amide bonds. The van der Waals surface area contributed by atoms with Gasteiger partial charge >= 0.3 is 0 Å². The van der Waals surface area contributed by atoms with Crippen LogP contribution in [-0.4, -0.2) is 45.2 Å². The van der Waals surface area contributed by atoms with Gasteiger partial charge in [0.25, 0.3) is 10.1 Å². The third kappa shape index (κ3) is 4.14. The molecule has 0 aromatic heterocycles. The zero-order valence-corrected chi connectivity index (χ0v) is 18.4. The molecule has 0 atom stereocenters. The molecule has 164 valence electrons. The van der Waals surface area contributed by atoms with Crippen molar-refractivity contribution in [3.63, 3.8) is 0 Å². The van der Waals surface area contributed by atoms with Crippen molar-refractivity contribution in [1.82, 2.24) is 0 Å². The van der Waals surface area contributed by atoms with Gasteiger partial charge in [-0.15, -0.1) is 0 Å². The van der Waals surface area contributed by atoms with Gasteiger partial charge in [0, 0.05) is 0 Å². The summed E-state index contributed by atoms with van der Waals surface area (Å²) in [5, 5.41) is 10.2. The molecule has 0 heterocycles. The Labute approximate surface area is 186 Å². The predicted molar refractivity (Wildman–Crippen MR) is 129 cm³/mol. The molecule has 0 saturated carbocycles. The second-order valence-corrected chi connectivity index (χ2v) is 9.59. The van der Waals surface area contributed by atoms with Crippen LogP contribution in [0.2, 0.25) is 0 Å². The maximum atomic E-state index is 10.7. The third-order valence-corrected chi connectivity index (χ3v) is 6.60. The number of hydrogen-bond donors (Lipinski definition) is 1. The van der Waals surface area contributed by atoms with E-state index in [4.69, 9.17) is 14.0 Å². The molecule has 32 heavy (non-hydrogen) atoms. The minimum atomic E-state index is -3.98. The average molecular weight is 449 g/mol. The van der Waals surface area contributed by atoms with Crippen molar-refractivity contribution >= 4 is 53.2 Å². The van der Waals surface area contributed by atoms with Crippen LogP contribution < -0.4 is 0 Å². The van der Waals surface area contributed by atoms with Gasteiger partial charge in [0.1, 0.15) is 0 Å². The molecule has 5 aromatic rings. The van der Waals surface area contributed by atoms with Crippen LogP contribution in [-0.2, 0) is 26.0 Å². The zero-order valence-electron chi connectivity index (χ0n) is 17.6. The van der Waals surface area contributed by atoms with E-state index in [1.165, 1.54) is 48.7 Å². The lowest BCUT2D eigenvalue weighted by Crippen LogP contribution is -2.13. The van der Waals surface area contributed by atoms with Gasteiger partial charge in [0.05, 0.1) is 32.2 Å². The molecule has 0 fully saturated rings. The molecular weight excluding hydrogens is 424 g/mol. The summed E-state index contributed by atoms with van der Waals surface area (Å²) in [6, 6.07) is 24.0. The van der Waals surface area contributed by atoms with Gasteiger partial charge in [-0.25, -0.2) is 0 Å². The number of ether oxygens (including phenoxy) is 2. The molecule has 0 saturated heterocycles. The molecule has 1 N–H and O–H groups in total. The summed E-state index contributed by atoms with van der Waals surface area (Å²) >= 11 is 0. The minimum absolute atomic E-state index is 0.0361. The molecule has 0 aliphatic carbocycles. The minimum Gasteiger partial charge on any atom is -0.379 e. The van der Waals surface area contributed by atoms with Gasteiger partial charge < -0.3 is 9.47 Å². The average Bonchev–Trinajstić information content (AvgIpc) is 2.78. The van der Waals surface area contributed by atoms with Crippen molar-refractivity contribution in [2.24, 2.45) is 0 Å². The SMILES string of the molecule is O=S(=O)(O)CCOCCOCCc1cc2cccc3c4cccc5cccc(c(c1)c23)c54. The molecule has 0 radical (unpaired) electrons. The van der Waals surface area contributed by atoms with Crippen LogP contribution in [0.5, 0.6) is 0 Å². The van der Waals surface area contributed by atoms with Gasteiger partial charge in [0.15, 0.2) is 0 Å². The number of fused-ring (bicyclic) bond motifs is 2. The molecule has 0 aliphatic rings. The molecule has 6 heteroatoms. The summed E-state index contributed by atoms with van der Waals surface area (Å²) in [4.78, 5) is 0. The van der Waals surface area contributed by atoms with Crippen molar-refractivity contribution in [2.75, 3.05) is 32.2 Å². The second kappa shape index (κ2) is 8.64. The number of benzene rings is 5. The topological polar surface area (TPSA) is 72.8 Å². The molecular formula is C26H24O5S. The van der Waals surface area contributed by atoms with Gasteiger partial charge in [-0.3, -0.25) is 4.55 Å². The highest BCUT2D eigenvalue weighted by molar-refractivity contribution is 7.85. The Balaban J connectivity index is 1.37. The van der Waals surface area contributed by atoms with Crippen molar-refractivity contribution < 1.29 is 22.4 Å². The monoisotopic (exact) mass is 448 g/mol. The first-order valence-corrected chi connectivity index (χ1v) is 12.3. The van der Waals surface area contributed by atoms with Crippen LogP contribution in [0.4, 0.5) is 0 Å². The first-order chi connectivity index (χ1) is 15.5. The van der Waals surface area contributed by atoms with Crippen LogP contribution in [0.1, 0.15) is 5.56 Å². The summed E-state index contributed by atoms with van der Waals surface area (Å²) in [5.41, 5.74) is 1.22. The largest absolute Gasteiger partial charge is 0.379 e. The Morgan fingerprint density at radius 1 is 0.656 bits per heavy atom. The Hall–Kier alpha value is -2.77. The highest BCUT2D eigenvalue weighted by Gasteiger charge is 2.13. The van der Waals surface area contributed by atoms with E-state index in [0.29, 0.717) is 19.8 Å². The Kier molecular flexibility index (Phi) is 5.69. The van der Waals surface area contributed by atoms with Gasteiger partial charge in [0.2, 0.25) is 0 Å². The first-order valence-electron chi connectivity index (χ1n) is 10.7. The van der Waals surface area contributed by atoms with E-state index < -0.39 is 15.9 Å². The van der Waals surface area contributed by atoms with E-state index in [-0.39, 0.29) is 6.61 Å². The summed E-state index contributed by atoms with van der Waals surface area (Å²) in [6.07, 6.45) is 0.774. The molecule has 5 rings (SSSR count). The molecule has 0 bridgehead atoms. The maximum absolute atomic E-state index is 10.7. The molecule has 0 unspecified atom stereocenters. The van der Waals surface area contributed by atoms with Crippen molar-refractivity contribution in [2.45, 2.75) is 6.42 Å². The second-order valence-electron chi connectivity index (χ2n) is 8.02. The lowest BCUT2D eigenvalue weighted by Gasteiger charge is -2.15. The van der Waals surface area contributed by atoms with Crippen LogP contribution >= 0.6 is 0 Å². The van der Waals surface area contributed by atoms with E-state index >= 15 is 0 Å². The lowest BCUT2D eigenvalue weighted by molar-refractivity contribution is 0.0544. The Morgan fingerprint density at radius 3 is 1.88 bits per heavy atom. The molecule has 0 spiro atoms. The summed E-state index contributed by atoms with van der Waals surface area (Å²) in [5.74, 6) is -0.398. The van der Waals surface area contributed by atoms with Crippen molar-refractivity contribution in [3.05, 3.63) is 72.3 Å². The summed E-state index contributed by atoms with van der Waals surface area (Å²) in [6.45, 7) is 1.18. The Morgan fingerprint density at radius 2 is 1.22 bits per heavy atom. The van der Waals surface area contributed by atoms with Crippen LogP contribution in [0.3, 0.4) is 0 Å². The smallest absolute Gasteiger partial charge is 0.267 e. The molecule has 5 aromatic carbocycles. The van der Waals surface area contributed by atoms with E-state index in [2.05, 4.69) is 66.7 Å². The zero-order chi connectivity index (χ0) is 22.1. The van der Waals surface area contributed by atoms with Gasteiger partial charge in [-0.1, -0.05) is 66.7 Å². The molecule has 0 aliphatic heterocycles. The quantitative estimate of drug-likeness (QED) is 0.145. The van der Waals surface area contributed by atoms with Crippen molar-refractivity contribution in [1.29, 1.82) is 0 Å². The van der Waals surface area contributed by atoms with E-state index in [1.54, 1.807) is 0 Å². The first kappa shape index (κ1) is 21.1. The fraction of sp³-hybridized carbons (Fsp3) is 0.231. The summed E-state index contributed by atoms with van der Waals surface area (Å²) in [7, 11) is -3.98. The fourth-order valence-corrected chi connectivity index (χ4v) is 4.87. The lowest BCUT2D eigenvalue weighted by atomic mass is 9.88. The van der Waals surface area contributed by atoms with Gasteiger partial charge in [-0.05, 0) is 55.1 Å². The van der Waals surface area contributed by atoms with E-state index in [1.807, 2.05) is 0 Å². The predicted octanol–water partition coefficient (Wildman–Crippen LogP) is 5.20. The van der Waals surface area contributed by atoms with E-state index in [9.17, 15) is 8.42 Å². The maximum Gasteiger partial charge on any atom is 0.267 e. The standard InChI is InChI=1S/C26H24O5S/c27-32(28,29)15-14-31-13-12-30-11-10-18-16-20-6-3-8-22-21-7-1-4-19-5-2-9-23(25(19)21)24(17-18)26(20)22/h1-9,16-17H,10-15H2,(H,27,28,29). The highest BCUT2D eigenvalue weighted by atomic mass is 32.2. The highest BCUT2D eigenvalue weighted by Crippen LogP contribution is 2.40. The van der Waals surface area contributed by atoms with Crippen LogP contribution in [0.15, 0.2) is 66.7 Å². The van der Waals surface area contributed by atoms with Gasteiger partial charge in [-0.2, -0.15) is 8.42 Å². The normalized spacial score (nSPS) is 12.5. The molecule has 5 nitrogen and oxygen atoms in total. The van der Waals surface area contributed by atoms with Crippen molar-refractivity contribution in [3.8, 4) is 0 Å². The third-order valence-electron chi connectivity index (χ3n) is 5.91. The number of rotatable bonds is 9. The summed E-state index contributed by atoms with van der Waals surface area (Å²) < 4.78 is 40.9. The Bertz CT molecular complexity index is 1500. The number of hydrogen-bond acceptors (Lipinski definition) is 4. The fourth-order valence-electron chi connectivity index (χ4n) is 4.54. The van der Waals surface area contributed by atoms with E-state index in [0.717, 1.165) is 6.42 Å². The van der Waals surface area contributed by atoms with Crippen LogP contribution in [0.25, 0.3) is 43.1 Å².